The molecular formula is C24H29ClN4O2S. The van der Waals surface area contributed by atoms with E-state index in [0.29, 0.717) is 5.02 Å². The Morgan fingerprint density at radius 1 is 1.25 bits per heavy atom. The van der Waals surface area contributed by atoms with Gasteiger partial charge in [0.25, 0.3) is 5.91 Å². The van der Waals surface area contributed by atoms with Crippen LogP contribution in [0.15, 0.2) is 30.3 Å². The number of hydrogen-bond acceptors (Lipinski definition) is 5. The van der Waals surface area contributed by atoms with Gasteiger partial charge in [0.05, 0.1) is 28.5 Å². The number of hydrogen-bond donors (Lipinski definition) is 0. The predicted octanol–water partition coefficient (Wildman–Crippen LogP) is 4.76. The predicted molar refractivity (Wildman–Crippen MR) is 129 cm³/mol. The molecule has 170 valence electrons. The number of aryl methyl sites for hydroxylation is 1. The molecule has 2 saturated heterocycles. The maximum absolute atomic E-state index is 13.6. The lowest BCUT2D eigenvalue weighted by Crippen LogP contribution is -2.50. The molecule has 1 aromatic carbocycles. The Labute approximate surface area is 197 Å². The average Bonchev–Trinajstić information content (AvgIpc) is 3.44. The van der Waals surface area contributed by atoms with Crippen molar-refractivity contribution in [2.75, 3.05) is 26.2 Å². The number of morpholine rings is 1. The lowest BCUT2D eigenvalue weighted by atomic mass is 10.1. The van der Waals surface area contributed by atoms with Crippen LogP contribution in [-0.2, 0) is 4.74 Å². The van der Waals surface area contributed by atoms with Crippen LogP contribution in [-0.4, -0.2) is 69.9 Å². The molecule has 4 heterocycles. The largest absolute Gasteiger partial charge is 0.373 e. The summed E-state index contributed by atoms with van der Waals surface area (Å²) in [6.07, 6.45) is 2.60. The molecule has 32 heavy (non-hydrogen) atoms. The first kappa shape index (κ1) is 21.9. The zero-order chi connectivity index (χ0) is 22.4. The minimum Gasteiger partial charge on any atom is -0.373 e. The molecule has 2 aliphatic heterocycles. The third kappa shape index (κ3) is 4.19. The van der Waals surface area contributed by atoms with Crippen LogP contribution in [0.3, 0.4) is 0 Å². The number of aromatic nitrogens is 2. The van der Waals surface area contributed by atoms with Crippen molar-refractivity contribution in [2.45, 2.75) is 51.9 Å². The first-order valence-corrected chi connectivity index (χ1v) is 12.5. The van der Waals surface area contributed by atoms with E-state index in [1.165, 1.54) is 11.3 Å². The molecule has 2 aromatic heterocycles. The molecule has 0 aliphatic carbocycles. The summed E-state index contributed by atoms with van der Waals surface area (Å²) in [6.45, 7) is 9.85. The van der Waals surface area contributed by atoms with Crippen LogP contribution in [0.4, 0.5) is 0 Å². The molecule has 1 amide bonds. The third-order valence-electron chi connectivity index (χ3n) is 6.41. The second-order valence-electron chi connectivity index (χ2n) is 9.08. The minimum atomic E-state index is 0.139. The molecule has 0 bridgehead atoms. The standard InChI is InChI=1S/C24H29ClN4O2S/c1-15-12-27(13-16(2)31-15)14-20-8-5-9-28(20)23(30)22-11-21-17(3)26-29(24(21)32-22)19-7-4-6-18(25)10-19/h4,6-7,10-11,15-16,20H,5,8-9,12-14H2,1-3H3. The summed E-state index contributed by atoms with van der Waals surface area (Å²) in [4.78, 5) is 19.9. The van der Waals surface area contributed by atoms with E-state index in [1.807, 2.05) is 41.9 Å². The normalized spacial score (nSPS) is 24.5. The lowest BCUT2D eigenvalue weighted by molar-refractivity contribution is -0.0715. The maximum atomic E-state index is 13.6. The van der Waals surface area contributed by atoms with Gasteiger partial charge in [-0.2, -0.15) is 5.10 Å². The van der Waals surface area contributed by atoms with Crippen molar-refractivity contribution >= 4 is 39.1 Å². The Bertz CT molecular complexity index is 1130. The zero-order valence-corrected chi connectivity index (χ0v) is 20.3. The van der Waals surface area contributed by atoms with Gasteiger partial charge in [0.15, 0.2) is 0 Å². The van der Waals surface area contributed by atoms with Crippen LogP contribution in [0.1, 0.15) is 42.1 Å². The van der Waals surface area contributed by atoms with E-state index in [2.05, 4.69) is 23.6 Å². The molecular weight excluding hydrogens is 444 g/mol. The Hall–Kier alpha value is -1.93. The molecule has 0 N–H and O–H groups in total. The van der Waals surface area contributed by atoms with Gasteiger partial charge in [-0.3, -0.25) is 9.69 Å². The van der Waals surface area contributed by atoms with E-state index in [4.69, 9.17) is 21.4 Å². The highest BCUT2D eigenvalue weighted by atomic mass is 35.5. The summed E-state index contributed by atoms with van der Waals surface area (Å²) < 4.78 is 7.78. The Morgan fingerprint density at radius 3 is 2.78 bits per heavy atom. The number of nitrogens with zero attached hydrogens (tertiary/aromatic N) is 4. The quantitative estimate of drug-likeness (QED) is 0.549. The van der Waals surface area contributed by atoms with E-state index >= 15 is 0 Å². The second kappa shape index (κ2) is 8.78. The number of halogens is 1. The van der Waals surface area contributed by atoms with Crippen LogP contribution in [0.5, 0.6) is 0 Å². The Kier molecular flexibility index (Phi) is 6.01. The Balaban J connectivity index is 1.39. The van der Waals surface area contributed by atoms with Crippen LogP contribution < -0.4 is 0 Å². The fourth-order valence-electron chi connectivity index (χ4n) is 5.10. The molecule has 2 fully saturated rings. The summed E-state index contributed by atoms with van der Waals surface area (Å²) >= 11 is 7.72. The highest BCUT2D eigenvalue weighted by molar-refractivity contribution is 7.20. The van der Waals surface area contributed by atoms with Crippen molar-refractivity contribution in [3.63, 3.8) is 0 Å². The molecule has 0 spiro atoms. The minimum absolute atomic E-state index is 0.139. The molecule has 0 saturated carbocycles. The Morgan fingerprint density at radius 2 is 2.03 bits per heavy atom. The first-order valence-electron chi connectivity index (χ1n) is 11.3. The van der Waals surface area contributed by atoms with Gasteiger partial charge < -0.3 is 9.64 Å². The van der Waals surface area contributed by atoms with Gasteiger partial charge in [0, 0.05) is 42.6 Å². The van der Waals surface area contributed by atoms with Crippen LogP contribution in [0.2, 0.25) is 5.02 Å². The number of thiophene rings is 1. The smallest absolute Gasteiger partial charge is 0.264 e. The van der Waals surface area contributed by atoms with Gasteiger partial charge >= 0.3 is 0 Å². The first-order chi connectivity index (χ1) is 15.4. The molecule has 5 rings (SSSR count). The summed E-state index contributed by atoms with van der Waals surface area (Å²) in [7, 11) is 0. The van der Waals surface area contributed by atoms with Gasteiger partial charge in [-0.1, -0.05) is 17.7 Å². The molecule has 3 unspecified atom stereocenters. The third-order valence-corrected chi connectivity index (χ3v) is 7.74. The lowest BCUT2D eigenvalue weighted by Gasteiger charge is -2.38. The monoisotopic (exact) mass is 472 g/mol. The van der Waals surface area contributed by atoms with E-state index in [1.54, 1.807) is 0 Å². The van der Waals surface area contributed by atoms with E-state index in [0.717, 1.165) is 65.5 Å². The summed E-state index contributed by atoms with van der Waals surface area (Å²) in [5, 5.41) is 6.39. The summed E-state index contributed by atoms with van der Waals surface area (Å²) in [6, 6.07) is 9.93. The molecule has 2 aliphatic rings. The van der Waals surface area contributed by atoms with Gasteiger partial charge in [-0.15, -0.1) is 11.3 Å². The highest BCUT2D eigenvalue weighted by Crippen LogP contribution is 2.33. The van der Waals surface area contributed by atoms with Crippen molar-refractivity contribution in [1.29, 1.82) is 0 Å². The number of rotatable bonds is 4. The van der Waals surface area contributed by atoms with Gasteiger partial charge in [0.1, 0.15) is 4.83 Å². The van der Waals surface area contributed by atoms with Crippen molar-refractivity contribution in [3.05, 3.63) is 45.9 Å². The molecule has 0 radical (unpaired) electrons. The zero-order valence-electron chi connectivity index (χ0n) is 18.8. The van der Waals surface area contributed by atoms with E-state index in [-0.39, 0.29) is 24.2 Å². The number of ether oxygens (including phenoxy) is 1. The fraction of sp³-hybridized carbons (Fsp3) is 0.500. The number of fused-ring (bicyclic) bond motifs is 1. The van der Waals surface area contributed by atoms with E-state index in [9.17, 15) is 4.79 Å². The number of carbonyl (C=O) groups is 1. The van der Waals surface area contributed by atoms with Crippen LogP contribution >= 0.6 is 22.9 Å². The molecule has 8 heteroatoms. The van der Waals surface area contributed by atoms with Gasteiger partial charge in [-0.25, -0.2) is 4.68 Å². The van der Waals surface area contributed by atoms with Crippen molar-refractivity contribution in [1.82, 2.24) is 19.6 Å². The van der Waals surface area contributed by atoms with Crippen molar-refractivity contribution in [3.8, 4) is 5.69 Å². The van der Waals surface area contributed by atoms with Crippen LogP contribution in [0, 0.1) is 6.92 Å². The van der Waals surface area contributed by atoms with Crippen molar-refractivity contribution < 1.29 is 9.53 Å². The summed E-state index contributed by atoms with van der Waals surface area (Å²) in [5.41, 5.74) is 1.83. The second-order valence-corrected chi connectivity index (χ2v) is 10.5. The molecule has 3 atom stereocenters. The van der Waals surface area contributed by atoms with Crippen LogP contribution in [0.25, 0.3) is 15.9 Å². The number of amides is 1. The topological polar surface area (TPSA) is 50.6 Å². The van der Waals surface area contributed by atoms with E-state index < -0.39 is 0 Å². The molecule has 6 nitrogen and oxygen atoms in total. The number of benzene rings is 1. The van der Waals surface area contributed by atoms with Gasteiger partial charge in [0.2, 0.25) is 0 Å². The number of carbonyl (C=O) groups excluding carboxylic acids is 1. The highest BCUT2D eigenvalue weighted by Gasteiger charge is 2.34. The maximum Gasteiger partial charge on any atom is 0.264 e. The SMILES string of the molecule is Cc1nn(-c2cccc(Cl)c2)c2sc(C(=O)N3CCCC3CN3CC(C)OC(C)C3)cc12. The average molecular weight is 473 g/mol. The summed E-state index contributed by atoms with van der Waals surface area (Å²) in [5.74, 6) is 0.139. The fourth-order valence-corrected chi connectivity index (χ4v) is 6.42. The van der Waals surface area contributed by atoms with Gasteiger partial charge in [-0.05, 0) is 57.9 Å². The number of likely N-dealkylation sites (tertiary alicyclic amines) is 1. The molecule has 3 aromatic rings. The van der Waals surface area contributed by atoms with Crippen molar-refractivity contribution in [2.24, 2.45) is 0 Å².